The van der Waals surface area contributed by atoms with E-state index in [1.165, 1.54) is 0 Å². The van der Waals surface area contributed by atoms with Crippen LogP contribution in [0.2, 0.25) is 0 Å². The van der Waals surface area contributed by atoms with Crippen molar-refractivity contribution in [3.05, 3.63) is 12.2 Å². The summed E-state index contributed by atoms with van der Waals surface area (Å²) in [6.07, 6.45) is 5.20. The van der Waals surface area contributed by atoms with Gasteiger partial charge in [0.25, 0.3) is 0 Å². The van der Waals surface area contributed by atoms with E-state index in [0.29, 0.717) is 0 Å². The number of ether oxygens (including phenoxy) is 1. The summed E-state index contributed by atoms with van der Waals surface area (Å²) in [4.78, 5) is 0. The van der Waals surface area contributed by atoms with Gasteiger partial charge in [-0.25, -0.2) is 0 Å². The molecule has 0 aromatic heterocycles. The fourth-order valence-electron chi connectivity index (χ4n) is 0.567. The third kappa shape index (κ3) is 7.70. The summed E-state index contributed by atoms with van der Waals surface area (Å²) in [5.41, 5.74) is 0. The fraction of sp³-hybridized carbons (Fsp3) is 0.778. The minimum Gasteiger partial charge on any atom is -0.377 e. The first-order chi connectivity index (χ1) is 4.77. The first kappa shape index (κ1) is 9.70. The van der Waals surface area contributed by atoms with E-state index >= 15 is 0 Å². The molecule has 0 aliphatic heterocycles. The quantitative estimate of drug-likeness (QED) is 0.423. The molecular formula is C9H18O. The Morgan fingerprint density at radius 1 is 1.40 bits per heavy atom. The van der Waals surface area contributed by atoms with Crippen molar-refractivity contribution in [1.29, 1.82) is 0 Å². The van der Waals surface area contributed by atoms with E-state index in [0.717, 1.165) is 25.6 Å². The molecule has 0 aromatic rings. The lowest BCUT2D eigenvalue weighted by molar-refractivity contribution is 0.149. The Bertz CT molecular complexity index is 84.7. The standard InChI is InChI=1S/C9H18O/c1-4-5-7-10-8-6-9(2)3/h4-5,9H,6-8H2,1-3H3/b5-4-. The van der Waals surface area contributed by atoms with Crippen LogP contribution in [-0.4, -0.2) is 13.2 Å². The van der Waals surface area contributed by atoms with E-state index in [9.17, 15) is 0 Å². The van der Waals surface area contributed by atoms with E-state index < -0.39 is 0 Å². The molecule has 0 aromatic carbocycles. The van der Waals surface area contributed by atoms with Gasteiger partial charge < -0.3 is 4.74 Å². The second kappa shape index (κ2) is 6.81. The predicted molar refractivity (Wildman–Crippen MR) is 45.1 cm³/mol. The fourth-order valence-corrected chi connectivity index (χ4v) is 0.567. The lowest BCUT2D eigenvalue weighted by atomic mass is 10.1. The third-order valence-electron chi connectivity index (χ3n) is 1.29. The Hall–Kier alpha value is -0.300. The molecule has 0 atom stereocenters. The molecule has 0 heterocycles. The Morgan fingerprint density at radius 2 is 2.10 bits per heavy atom. The lowest BCUT2D eigenvalue weighted by Crippen LogP contribution is -1.98. The molecule has 0 fully saturated rings. The van der Waals surface area contributed by atoms with Crippen LogP contribution in [0.3, 0.4) is 0 Å². The molecule has 10 heavy (non-hydrogen) atoms. The van der Waals surface area contributed by atoms with Crippen molar-refractivity contribution in [2.75, 3.05) is 13.2 Å². The predicted octanol–water partition coefficient (Wildman–Crippen LogP) is 2.63. The maximum absolute atomic E-state index is 5.30. The average Bonchev–Trinajstić information content (AvgIpc) is 1.87. The largest absolute Gasteiger partial charge is 0.377 e. The monoisotopic (exact) mass is 142 g/mol. The molecule has 0 saturated carbocycles. The van der Waals surface area contributed by atoms with Gasteiger partial charge in [-0.15, -0.1) is 0 Å². The highest BCUT2D eigenvalue weighted by atomic mass is 16.5. The Balaban J connectivity index is 2.91. The van der Waals surface area contributed by atoms with Crippen LogP contribution >= 0.6 is 0 Å². The first-order valence-electron chi connectivity index (χ1n) is 3.96. The highest BCUT2D eigenvalue weighted by Gasteiger charge is 1.91. The molecule has 0 radical (unpaired) electrons. The van der Waals surface area contributed by atoms with E-state index in [1.54, 1.807) is 0 Å². The summed E-state index contributed by atoms with van der Waals surface area (Å²) in [7, 11) is 0. The minimum absolute atomic E-state index is 0.755. The average molecular weight is 142 g/mol. The van der Waals surface area contributed by atoms with Crippen molar-refractivity contribution in [3.63, 3.8) is 0 Å². The molecule has 0 aliphatic carbocycles. The van der Waals surface area contributed by atoms with E-state index in [2.05, 4.69) is 13.8 Å². The minimum atomic E-state index is 0.755. The summed E-state index contributed by atoms with van der Waals surface area (Å²) in [6.45, 7) is 8.08. The zero-order valence-corrected chi connectivity index (χ0v) is 7.26. The molecule has 0 N–H and O–H groups in total. The van der Waals surface area contributed by atoms with Crippen molar-refractivity contribution >= 4 is 0 Å². The van der Waals surface area contributed by atoms with Crippen molar-refractivity contribution in [1.82, 2.24) is 0 Å². The van der Waals surface area contributed by atoms with Gasteiger partial charge in [0.1, 0.15) is 0 Å². The van der Waals surface area contributed by atoms with Gasteiger partial charge in [-0.05, 0) is 19.3 Å². The molecule has 0 aliphatic rings. The van der Waals surface area contributed by atoms with Crippen LogP contribution in [-0.2, 0) is 4.74 Å². The summed E-state index contributed by atoms with van der Waals surface area (Å²) in [5, 5.41) is 0. The molecule has 60 valence electrons. The van der Waals surface area contributed by atoms with Crippen LogP contribution in [0, 0.1) is 5.92 Å². The SMILES string of the molecule is C/C=C\COCCC(C)C. The highest BCUT2D eigenvalue weighted by molar-refractivity contribution is 4.75. The van der Waals surface area contributed by atoms with Gasteiger partial charge in [0.05, 0.1) is 6.61 Å². The molecule has 0 unspecified atom stereocenters. The Labute approximate surface area is 64.1 Å². The topological polar surface area (TPSA) is 9.23 Å². The first-order valence-corrected chi connectivity index (χ1v) is 3.96. The molecule has 0 amide bonds. The maximum atomic E-state index is 5.30. The van der Waals surface area contributed by atoms with Crippen LogP contribution in [0.5, 0.6) is 0 Å². The number of hydrogen-bond acceptors (Lipinski definition) is 1. The molecule has 0 spiro atoms. The van der Waals surface area contributed by atoms with E-state index in [1.807, 2.05) is 19.1 Å². The second-order valence-corrected chi connectivity index (χ2v) is 2.83. The molecule has 0 saturated heterocycles. The van der Waals surface area contributed by atoms with Gasteiger partial charge in [-0.2, -0.15) is 0 Å². The second-order valence-electron chi connectivity index (χ2n) is 2.83. The van der Waals surface area contributed by atoms with Crippen molar-refractivity contribution < 1.29 is 4.74 Å². The number of rotatable bonds is 5. The molecule has 1 nitrogen and oxygen atoms in total. The van der Waals surface area contributed by atoms with Gasteiger partial charge >= 0.3 is 0 Å². The van der Waals surface area contributed by atoms with Gasteiger partial charge in [0.15, 0.2) is 0 Å². The summed E-state index contributed by atoms with van der Waals surface area (Å²) < 4.78 is 5.30. The summed E-state index contributed by atoms with van der Waals surface area (Å²) >= 11 is 0. The number of hydrogen-bond donors (Lipinski definition) is 0. The van der Waals surface area contributed by atoms with Gasteiger partial charge in [-0.1, -0.05) is 26.0 Å². The number of allylic oxidation sites excluding steroid dienone is 1. The third-order valence-corrected chi connectivity index (χ3v) is 1.29. The van der Waals surface area contributed by atoms with Crippen LogP contribution in [0.15, 0.2) is 12.2 Å². The molecular weight excluding hydrogens is 124 g/mol. The molecule has 0 bridgehead atoms. The molecule has 1 heteroatoms. The van der Waals surface area contributed by atoms with Crippen molar-refractivity contribution in [3.8, 4) is 0 Å². The maximum Gasteiger partial charge on any atom is 0.0647 e. The van der Waals surface area contributed by atoms with Crippen molar-refractivity contribution in [2.24, 2.45) is 5.92 Å². The summed E-state index contributed by atoms with van der Waals surface area (Å²) in [6, 6.07) is 0. The summed E-state index contributed by atoms with van der Waals surface area (Å²) in [5.74, 6) is 0.755. The smallest absolute Gasteiger partial charge is 0.0647 e. The van der Waals surface area contributed by atoms with Crippen molar-refractivity contribution in [2.45, 2.75) is 27.2 Å². The van der Waals surface area contributed by atoms with E-state index in [4.69, 9.17) is 4.74 Å². The van der Waals surface area contributed by atoms with Crippen LogP contribution in [0.1, 0.15) is 27.2 Å². The van der Waals surface area contributed by atoms with Crippen LogP contribution in [0.4, 0.5) is 0 Å². The van der Waals surface area contributed by atoms with Gasteiger partial charge in [0.2, 0.25) is 0 Å². The van der Waals surface area contributed by atoms with Crippen LogP contribution in [0.25, 0.3) is 0 Å². The van der Waals surface area contributed by atoms with Crippen LogP contribution < -0.4 is 0 Å². The van der Waals surface area contributed by atoms with Gasteiger partial charge in [0, 0.05) is 6.61 Å². The zero-order chi connectivity index (χ0) is 7.82. The molecule has 0 rings (SSSR count). The normalized spacial score (nSPS) is 11.6. The Morgan fingerprint density at radius 3 is 2.60 bits per heavy atom. The highest BCUT2D eigenvalue weighted by Crippen LogP contribution is 1.98. The lowest BCUT2D eigenvalue weighted by Gasteiger charge is -2.03. The van der Waals surface area contributed by atoms with E-state index in [-0.39, 0.29) is 0 Å². The van der Waals surface area contributed by atoms with Gasteiger partial charge in [-0.3, -0.25) is 0 Å². The zero-order valence-electron chi connectivity index (χ0n) is 7.26. The Kier molecular flexibility index (Phi) is 6.61.